The normalized spacial score (nSPS) is 12.2. The number of aliphatic hydroxyl groups is 1. The fourth-order valence-electron chi connectivity index (χ4n) is 2.06. The summed E-state index contributed by atoms with van der Waals surface area (Å²) in [5.41, 5.74) is 0.926. The number of amides is 2. The second-order valence-electron chi connectivity index (χ2n) is 6.13. The van der Waals surface area contributed by atoms with Crippen molar-refractivity contribution in [2.45, 2.75) is 26.5 Å². The van der Waals surface area contributed by atoms with Gasteiger partial charge in [-0.3, -0.25) is 0 Å². The van der Waals surface area contributed by atoms with Gasteiger partial charge in [0.05, 0.1) is 25.5 Å². The molecule has 0 aliphatic carbocycles. The SMILES string of the molecule is CC(C)COC[C@H](O)CNC(=O)NCc1ncc(-c2ccccc2)o1. The van der Waals surface area contributed by atoms with E-state index in [1.54, 1.807) is 6.20 Å². The number of nitrogens with zero attached hydrogens (tertiary/aromatic N) is 1. The third-order valence-electron chi connectivity index (χ3n) is 3.27. The van der Waals surface area contributed by atoms with Crippen LogP contribution in [0.3, 0.4) is 0 Å². The first-order valence-corrected chi connectivity index (χ1v) is 8.32. The van der Waals surface area contributed by atoms with Gasteiger partial charge in [0.1, 0.15) is 0 Å². The Balaban J connectivity index is 1.67. The summed E-state index contributed by atoms with van der Waals surface area (Å²) in [6.07, 6.45) is 0.885. The van der Waals surface area contributed by atoms with Crippen LogP contribution in [-0.2, 0) is 11.3 Å². The molecule has 3 N–H and O–H groups in total. The lowest BCUT2D eigenvalue weighted by Gasteiger charge is -2.13. The molecule has 7 nitrogen and oxygen atoms in total. The maximum atomic E-state index is 11.7. The summed E-state index contributed by atoms with van der Waals surface area (Å²) in [4.78, 5) is 15.9. The molecule has 0 spiro atoms. The number of nitrogens with one attached hydrogen (secondary N) is 2. The lowest BCUT2D eigenvalue weighted by Crippen LogP contribution is -2.40. The van der Waals surface area contributed by atoms with Gasteiger partial charge in [0.25, 0.3) is 0 Å². The topological polar surface area (TPSA) is 96.6 Å². The number of carbonyl (C=O) groups is 1. The van der Waals surface area contributed by atoms with Crippen molar-refractivity contribution in [1.82, 2.24) is 15.6 Å². The monoisotopic (exact) mass is 347 g/mol. The van der Waals surface area contributed by atoms with E-state index in [2.05, 4.69) is 15.6 Å². The Morgan fingerprint density at radius 3 is 2.72 bits per heavy atom. The van der Waals surface area contributed by atoms with Gasteiger partial charge in [-0.15, -0.1) is 0 Å². The average Bonchev–Trinajstić information content (AvgIpc) is 3.07. The van der Waals surface area contributed by atoms with Crippen LogP contribution in [0.5, 0.6) is 0 Å². The minimum absolute atomic E-state index is 0.116. The molecular formula is C18H25N3O4. The Kier molecular flexibility index (Phi) is 7.43. The minimum atomic E-state index is -0.740. The first-order chi connectivity index (χ1) is 12.0. The number of oxazole rings is 1. The van der Waals surface area contributed by atoms with Crippen LogP contribution in [0.1, 0.15) is 19.7 Å². The van der Waals surface area contributed by atoms with Gasteiger partial charge in [0.2, 0.25) is 5.89 Å². The van der Waals surface area contributed by atoms with Crippen LogP contribution < -0.4 is 10.6 Å². The molecule has 7 heteroatoms. The van der Waals surface area contributed by atoms with E-state index in [9.17, 15) is 9.90 Å². The molecule has 0 aliphatic heterocycles. The van der Waals surface area contributed by atoms with Crippen LogP contribution in [-0.4, -0.2) is 42.0 Å². The zero-order valence-electron chi connectivity index (χ0n) is 14.6. The molecule has 1 aromatic carbocycles. The Hall–Kier alpha value is -2.38. The molecule has 0 bridgehead atoms. The second-order valence-corrected chi connectivity index (χ2v) is 6.13. The summed E-state index contributed by atoms with van der Waals surface area (Å²) in [6, 6.07) is 9.20. The van der Waals surface area contributed by atoms with Crippen LogP contribution in [0, 0.1) is 5.92 Å². The number of aliphatic hydroxyl groups excluding tert-OH is 1. The third kappa shape index (κ3) is 6.94. The summed E-state index contributed by atoms with van der Waals surface area (Å²) < 4.78 is 10.9. The van der Waals surface area contributed by atoms with Crippen molar-refractivity contribution in [3.05, 3.63) is 42.4 Å². The highest BCUT2D eigenvalue weighted by atomic mass is 16.5. The van der Waals surface area contributed by atoms with Crippen LogP contribution >= 0.6 is 0 Å². The quantitative estimate of drug-likeness (QED) is 0.646. The molecule has 0 saturated heterocycles. The van der Waals surface area contributed by atoms with E-state index in [1.807, 2.05) is 44.2 Å². The highest BCUT2D eigenvalue weighted by molar-refractivity contribution is 5.73. The van der Waals surface area contributed by atoms with Crippen molar-refractivity contribution in [2.24, 2.45) is 5.92 Å². The standard InChI is InChI=1S/C18H25N3O4/c1-13(2)11-24-12-15(22)8-20-18(23)21-10-17-19-9-16(25-17)14-6-4-3-5-7-14/h3-7,9,13,15,22H,8,10-12H2,1-2H3,(H2,20,21,23)/t15-/m1/s1. The van der Waals surface area contributed by atoms with E-state index < -0.39 is 12.1 Å². The maximum Gasteiger partial charge on any atom is 0.315 e. The van der Waals surface area contributed by atoms with Gasteiger partial charge in [-0.25, -0.2) is 9.78 Å². The number of benzene rings is 1. The molecule has 25 heavy (non-hydrogen) atoms. The Morgan fingerprint density at radius 2 is 2.00 bits per heavy atom. The van der Waals surface area contributed by atoms with Crippen molar-refractivity contribution in [1.29, 1.82) is 0 Å². The molecule has 2 rings (SSSR count). The van der Waals surface area contributed by atoms with Gasteiger partial charge in [-0.05, 0) is 5.92 Å². The van der Waals surface area contributed by atoms with Crippen LogP contribution in [0.4, 0.5) is 4.79 Å². The van der Waals surface area contributed by atoms with E-state index in [4.69, 9.17) is 9.15 Å². The lowest BCUT2D eigenvalue weighted by molar-refractivity contribution is 0.0272. The molecule has 136 valence electrons. The van der Waals surface area contributed by atoms with Gasteiger partial charge in [0.15, 0.2) is 5.76 Å². The Morgan fingerprint density at radius 1 is 1.24 bits per heavy atom. The highest BCUT2D eigenvalue weighted by Gasteiger charge is 2.10. The molecule has 2 amide bonds. The highest BCUT2D eigenvalue weighted by Crippen LogP contribution is 2.19. The van der Waals surface area contributed by atoms with Gasteiger partial charge in [-0.2, -0.15) is 0 Å². The fourth-order valence-corrected chi connectivity index (χ4v) is 2.06. The Bertz CT molecular complexity index is 643. The van der Waals surface area contributed by atoms with E-state index in [1.165, 1.54) is 0 Å². The molecule has 0 aliphatic rings. The zero-order valence-corrected chi connectivity index (χ0v) is 14.6. The van der Waals surface area contributed by atoms with Gasteiger partial charge < -0.3 is 24.9 Å². The van der Waals surface area contributed by atoms with Crippen molar-refractivity contribution < 1.29 is 19.1 Å². The largest absolute Gasteiger partial charge is 0.439 e. The van der Waals surface area contributed by atoms with Crippen LogP contribution in [0.2, 0.25) is 0 Å². The summed E-state index contributed by atoms with van der Waals surface area (Å²) in [5, 5.41) is 14.9. The number of rotatable bonds is 9. The number of hydrogen-bond donors (Lipinski definition) is 3. The van der Waals surface area contributed by atoms with Crippen LogP contribution in [0.15, 0.2) is 40.9 Å². The summed E-state index contributed by atoms with van der Waals surface area (Å²) in [7, 11) is 0. The van der Waals surface area contributed by atoms with Crippen molar-refractivity contribution in [3.8, 4) is 11.3 Å². The molecule has 2 aromatic rings. The molecule has 0 saturated carbocycles. The molecule has 0 fully saturated rings. The molecule has 0 radical (unpaired) electrons. The molecule has 1 heterocycles. The molecule has 0 unspecified atom stereocenters. The van der Waals surface area contributed by atoms with Crippen LogP contribution in [0.25, 0.3) is 11.3 Å². The number of carbonyl (C=O) groups excluding carboxylic acids is 1. The number of hydrogen-bond acceptors (Lipinski definition) is 5. The summed E-state index contributed by atoms with van der Waals surface area (Å²) in [6.45, 7) is 5.12. The van der Waals surface area contributed by atoms with E-state index in [0.717, 1.165) is 5.56 Å². The minimum Gasteiger partial charge on any atom is -0.439 e. The van der Waals surface area contributed by atoms with Crippen molar-refractivity contribution in [2.75, 3.05) is 19.8 Å². The molecule has 1 atom stereocenters. The zero-order chi connectivity index (χ0) is 18.1. The maximum absolute atomic E-state index is 11.7. The van der Waals surface area contributed by atoms with Gasteiger partial charge in [-0.1, -0.05) is 44.2 Å². The second kappa shape index (κ2) is 9.80. The first kappa shape index (κ1) is 19.0. The molecule has 1 aromatic heterocycles. The number of ether oxygens (including phenoxy) is 1. The van der Waals surface area contributed by atoms with Gasteiger partial charge in [0, 0.05) is 18.7 Å². The summed E-state index contributed by atoms with van der Waals surface area (Å²) >= 11 is 0. The predicted octanol–water partition coefficient (Wildman–Crippen LogP) is 2.17. The number of urea groups is 1. The van der Waals surface area contributed by atoms with Gasteiger partial charge >= 0.3 is 6.03 Å². The fraction of sp³-hybridized carbons (Fsp3) is 0.444. The number of aromatic nitrogens is 1. The van der Waals surface area contributed by atoms with E-state index in [0.29, 0.717) is 24.2 Å². The first-order valence-electron chi connectivity index (χ1n) is 8.32. The van der Waals surface area contributed by atoms with E-state index in [-0.39, 0.29) is 19.7 Å². The van der Waals surface area contributed by atoms with Crippen molar-refractivity contribution >= 4 is 6.03 Å². The van der Waals surface area contributed by atoms with E-state index >= 15 is 0 Å². The third-order valence-corrected chi connectivity index (χ3v) is 3.27. The average molecular weight is 347 g/mol. The van der Waals surface area contributed by atoms with Crippen molar-refractivity contribution in [3.63, 3.8) is 0 Å². The smallest absolute Gasteiger partial charge is 0.315 e. The Labute approximate surface area is 147 Å². The lowest BCUT2D eigenvalue weighted by atomic mass is 10.2. The molecular weight excluding hydrogens is 322 g/mol. The predicted molar refractivity (Wildman–Crippen MR) is 93.8 cm³/mol. The summed E-state index contributed by atoms with van der Waals surface area (Å²) in [5.74, 6) is 1.47.